The van der Waals surface area contributed by atoms with Crippen molar-refractivity contribution in [2.24, 2.45) is 5.73 Å². The summed E-state index contributed by atoms with van der Waals surface area (Å²) in [5.74, 6) is -2.46. The molecule has 2 fully saturated rings. The van der Waals surface area contributed by atoms with Crippen molar-refractivity contribution in [1.29, 1.82) is 0 Å². The highest BCUT2D eigenvalue weighted by molar-refractivity contribution is 5.95. The van der Waals surface area contributed by atoms with E-state index >= 15 is 0 Å². The lowest BCUT2D eigenvalue weighted by Gasteiger charge is -2.48. The Labute approximate surface area is 173 Å². The molecule has 3 atom stereocenters. The van der Waals surface area contributed by atoms with E-state index in [9.17, 15) is 18.4 Å². The van der Waals surface area contributed by atoms with Crippen LogP contribution < -0.4 is 16.0 Å². The number of hydrogen-bond donors (Lipinski definition) is 2. The molecule has 1 unspecified atom stereocenters. The van der Waals surface area contributed by atoms with E-state index in [1.54, 1.807) is 43.1 Å². The molecule has 0 aromatic heterocycles. The molecule has 2 aromatic rings. The summed E-state index contributed by atoms with van der Waals surface area (Å²) in [5.41, 5.74) is 6.44. The summed E-state index contributed by atoms with van der Waals surface area (Å²) in [7, 11) is 1.57. The molecule has 0 spiro atoms. The van der Waals surface area contributed by atoms with E-state index in [1.807, 2.05) is 0 Å². The van der Waals surface area contributed by atoms with Gasteiger partial charge in [-0.25, -0.2) is 8.78 Å². The lowest BCUT2D eigenvalue weighted by molar-refractivity contribution is -0.142. The maximum Gasteiger partial charge on any atom is 0.234 e. The Hall–Kier alpha value is -2.84. The first-order valence-electron chi connectivity index (χ1n) is 9.88. The predicted octanol–water partition coefficient (Wildman–Crippen LogP) is 2.39. The smallest absolute Gasteiger partial charge is 0.234 e. The number of nitrogens with one attached hydrogen (secondary N) is 1. The molecule has 6 nitrogen and oxygen atoms in total. The van der Waals surface area contributed by atoms with E-state index in [1.165, 1.54) is 17.0 Å². The van der Waals surface area contributed by atoms with Crippen LogP contribution in [-0.4, -0.2) is 36.6 Å². The molecule has 4 rings (SSSR count). The zero-order chi connectivity index (χ0) is 21.6. The fraction of sp³-hybridized carbons (Fsp3) is 0.364. The zero-order valence-electron chi connectivity index (χ0n) is 16.9. The molecular weight excluding hydrogens is 390 g/mol. The number of nitrogens with zero attached hydrogens (tertiary/aromatic N) is 2. The van der Waals surface area contributed by atoms with E-state index in [-0.39, 0.29) is 17.4 Å². The first kappa shape index (κ1) is 20.4. The predicted molar refractivity (Wildman–Crippen MR) is 108 cm³/mol. The van der Waals surface area contributed by atoms with E-state index < -0.39 is 29.4 Å². The second-order valence-electron chi connectivity index (χ2n) is 8.04. The highest BCUT2D eigenvalue weighted by Gasteiger charge is 2.49. The van der Waals surface area contributed by atoms with Gasteiger partial charge in [-0.05, 0) is 37.1 Å². The summed E-state index contributed by atoms with van der Waals surface area (Å²) < 4.78 is 28.2. The topological polar surface area (TPSA) is 78.7 Å². The Morgan fingerprint density at radius 3 is 2.43 bits per heavy atom. The zero-order valence-corrected chi connectivity index (χ0v) is 16.9. The lowest BCUT2D eigenvalue weighted by Crippen LogP contribution is -2.68. The Morgan fingerprint density at radius 1 is 1.13 bits per heavy atom. The fourth-order valence-corrected chi connectivity index (χ4v) is 4.46. The molecule has 2 aliphatic rings. The van der Waals surface area contributed by atoms with Gasteiger partial charge in [0.05, 0.1) is 11.5 Å². The first-order chi connectivity index (χ1) is 14.2. The van der Waals surface area contributed by atoms with Crippen molar-refractivity contribution in [2.75, 3.05) is 18.5 Å². The van der Waals surface area contributed by atoms with E-state index in [4.69, 9.17) is 5.73 Å². The largest absolute Gasteiger partial charge is 0.317 e. The number of carbonyl (C=O) groups excluding carboxylic acids is 2. The molecule has 30 heavy (non-hydrogen) atoms. The number of rotatable bonds is 3. The average molecular weight is 414 g/mol. The van der Waals surface area contributed by atoms with E-state index in [0.29, 0.717) is 18.5 Å². The Morgan fingerprint density at radius 2 is 1.83 bits per heavy atom. The van der Waals surface area contributed by atoms with Crippen LogP contribution in [0, 0.1) is 11.6 Å². The highest BCUT2D eigenvalue weighted by atomic mass is 19.1. The minimum absolute atomic E-state index is 0.0714. The van der Waals surface area contributed by atoms with Gasteiger partial charge in [-0.3, -0.25) is 20.6 Å². The molecule has 2 saturated heterocycles. The number of likely N-dealkylation sites (N-methyl/N-ethyl adjacent to an activating group) is 1. The minimum Gasteiger partial charge on any atom is -0.317 e. The molecule has 0 bridgehead atoms. The van der Waals surface area contributed by atoms with Crippen LogP contribution in [0.2, 0.25) is 0 Å². The van der Waals surface area contributed by atoms with Gasteiger partial charge in [-0.2, -0.15) is 0 Å². The van der Waals surface area contributed by atoms with Gasteiger partial charge in [-0.1, -0.05) is 18.2 Å². The van der Waals surface area contributed by atoms with Crippen LogP contribution in [0.15, 0.2) is 42.5 Å². The summed E-state index contributed by atoms with van der Waals surface area (Å²) in [5, 5.41) is 3.13. The van der Waals surface area contributed by atoms with Gasteiger partial charge < -0.3 is 9.80 Å². The fourth-order valence-electron chi connectivity index (χ4n) is 4.46. The van der Waals surface area contributed by atoms with E-state index in [2.05, 4.69) is 5.32 Å². The Balaban J connectivity index is 1.77. The second-order valence-corrected chi connectivity index (χ2v) is 8.04. The van der Waals surface area contributed by atoms with Gasteiger partial charge in [0.1, 0.15) is 17.9 Å². The molecule has 0 saturated carbocycles. The number of carbonyl (C=O) groups is 2. The van der Waals surface area contributed by atoms with Gasteiger partial charge in [0.2, 0.25) is 11.8 Å². The van der Waals surface area contributed by atoms with Crippen LogP contribution in [0.3, 0.4) is 0 Å². The SMILES string of the molecule is CN1C(=O)[C@H](c2ccc(N3CCCC3=O)cc2)[C@@](C)(c2ccc(F)cc2F)NC1N. The summed E-state index contributed by atoms with van der Waals surface area (Å²) in [6.45, 7) is 2.36. The summed E-state index contributed by atoms with van der Waals surface area (Å²) in [6.07, 6.45) is 0.512. The van der Waals surface area contributed by atoms with Crippen molar-refractivity contribution in [1.82, 2.24) is 10.2 Å². The van der Waals surface area contributed by atoms with Crippen LogP contribution in [0.25, 0.3) is 0 Å². The van der Waals surface area contributed by atoms with Gasteiger partial charge in [0, 0.05) is 37.3 Å². The maximum atomic E-state index is 14.7. The molecule has 2 amide bonds. The van der Waals surface area contributed by atoms with Gasteiger partial charge >= 0.3 is 0 Å². The quantitative estimate of drug-likeness (QED) is 0.809. The number of amides is 2. The molecule has 2 heterocycles. The molecule has 2 aliphatic heterocycles. The maximum absolute atomic E-state index is 14.7. The summed E-state index contributed by atoms with van der Waals surface area (Å²) >= 11 is 0. The first-order valence-corrected chi connectivity index (χ1v) is 9.88. The standard InChI is InChI=1S/C22H24F2N4O2/c1-22(16-10-7-14(23)12-17(16)24)19(20(30)27(2)21(25)26-22)13-5-8-15(9-6-13)28-11-3-4-18(28)29/h5-10,12,19,21,26H,3-4,11,25H2,1-2H3/t19-,21?,22+/m0/s1. The average Bonchev–Trinajstić information content (AvgIpc) is 3.12. The molecule has 8 heteroatoms. The van der Waals surface area contributed by atoms with Crippen LogP contribution in [0.4, 0.5) is 14.5 Å². The van der Waals surface area contributed by atoms with Gasteiger partial charge in [0.25, 0.3) is 0 Å². The normalized spacial score (nSPS) is 27.1. The molecule has 0 radical (unpaired) electrons. The van der Waals surface area contributed by atoms with Crippen LogP contribution in [0.5, 0.6) is 0 Å². The minimum atomic E-state index is -1.20. The molecule has 0 aliphatic carbocycles. The third-order valence-corrected chi connectivity index (χ3v) is 6.14. The van der Waals surface area contributed by atoms with Crippen molar-refractivity contribution in [2.45, 2.75) is 37.5 Å². The van der Waals surface area contributed by atoms with Crippen molar-refractivity contribution in [3.63, 3.8) is 0 Å². The van der Waals surface area contributed by atoms with Crippen molar-refractivity contribution >= 4 is 17.5 Å². The summed E-state index contributed by atoms with van der Waals surface area (Å²) in [6, 6.07) is 10.4. The van der Waals surface area contributed by atoms with Crippen molar-refractivity contribution < 1.29 is 18.4 Å². The Kier molecular flexibility index (Phi) is 5.07. The van der Waals surface area contributed by atoms with Gasteiger partial charge in [0.15, 0.2) is 0 Å². The monoisotopic (exact) mass is 414 g/mol. The molecule has 3 N–H and O–H groups in total. The molecule has 158 valence electrons. The highest BCUT2D eigenvalue weighted by Crippen LogP contribution is 2.42. The lowest BCUT2D eigenvalue weighted by atomic mass is 9.73. The number of anilines is 1. The number of hydrogen-bond acceptors (Lipinski definition) is 4. The van der Waals surface area contributed by atoms with Crippen molar-refractivity contribution in [3.05, 3.63) is 65.2 Å². The van der Waals surface area contributed by atoms with Crippen LogP contribution in [-0.2, 0) is 15.1 Å². The molecular formula is C22H24F2N4O2. The number of benzene rings is 2. The molecule has 2 aromatic carbocycles. The summed E-state index contributed by atoms with van der Waals surface area (Å²) in [4.78, 5) is 28.3. The van der Waals surface area contributed by atoms with E-state index in [0.717, 1.165) is 18.2 Å². The number of halogens is 2. The third kappa shape index (κ3) is 3.26. The van der Waals surface area contributed by atoms with Crippen LogP contribution in [0.1, 0.15) is 36.8 Å². The van der Waals surface area contributed by atoms with Gasteiger partial charge in [-0.15, -0.1) is 0 Å². The third-order valence-electron chi connectivity index (χ3n) is 6.14. The number of nitrogens with two attached hydrogens (primary N) is 1. The Bertz CT molecular complexity index is 997. The van der Waals surface area contributed by atoms with Crippen molar-refractivity contribution in [3.8, 4) is 0 Å². The van der Waals surface area contributed by atoms with Crippen LogP contribution >= 0.6 is 0 Å². The second kappa shape index (κ2) is 7.45.